The fourth-order valence-electron chi connectivity index (χ4n) is 10.3. The molecule has 0 atom stereocenters. The Morgan fingerprint density at radius 1 is 0.447 bits per heavy atom. The Morgan fingerprint density at radius 2 is 0.894 bits per heavy atom. The summed E-state index contributed by atoms with van der Waals surface area (Å²) in [7, 11) is 0. The van der Waals surface area contributed by atoms with Gasteiger partial charge in [0.2, 0.25) is 0 Å². The lowest BCUT2D eigenvalue weighted by atomic mass is 9.36. The van der Waals surface area contributed by atoms with Crippen LogP contribution in [0.2, 0.25) is 0 Å². The SMILES string of the molecule is CC(C)(C)c1c2ccccc2n2c3ccc4c5c3n(c12)-c1cccc2c1B5c1c-4ccc3c1n-2c1c(C(C)(C)C)c2ccccc2n31. The summed E-state index contributed by atoms with van der Waals surface area (Å²) < 4.78 is 10.4. The summed E-state index contributed by atoms with van der Waals surface area (Å²) in [6, 6.07) is 34.8. The van der Waals surface area contributed by atoms with Gasteiger partial charge < -0.3 is 0 Å². The summed E-state index contributed by atoms with van der Waals surface area (Å²) in [4.78, 5) is 0. The number of rotatable bonds is 0. The molecule has 0 saturated heterocycles. The summed E-state index contributed by atoms with van der Waals surface area (Å²) >= 11 is 0. The van der Waals surface area contributed by atoms with Gasteiger partial charge in [0, 0.05) is 33.3 Å². The number of benzene rings is 5. The Kier molecular flexibility index (Phi) is 3.92. The maximum atomic E-state index is 2.65. The van der Waals surface area contributed by atoms with E-state index in [1.165, 1.54) is 105 Å². The molecule has 5 heteroatoms. The van der Waals surface area contributed by atoms with Crippen LogP contribution in [0.5, 0.6) is 0 Å². The molecule has 0 aliphatic carbocycles. The molecule has 0 bridgehead atoms. The molecule has 5 aromatic carbocycles. The van der Waals surface area contributed by atoms with Gasteiger partial charge in [-0.3, -0.25) is 17.9 Å². The van der Waals surface area contributed by atoms with Crippen molar-refractivity contribution in [3.05, 3.63) is 102 Å². The molecule has 3 aliphatic heterocycles. The highest BCUT2D eigenvalue weighted by Crippen LogP contribution is 2.47. The Bertz CT molecular complexity index is 2780. The Balaban J connectivity index is 1.37. The lowest BCUT2D eigenvalue weighted by molar-refractivity contribution is 0.598. The normalized spacial score (nSPS) is 14.6. The minimum atomic E-state index is -0.0420. The van der Waals surface area contributed by atoms with E-state index in [4.69, 9.17) is 0 Å². The van der Waals surface area contributed by atoms with Crippen LogP contribution >= 0.6 is 0 Å². The predicted molar refractivity (Wildman–Crippen MR) is 198 cm³/mol. The molecule has 4 aromatic heterocycles. The molecule has 0 saturated carbocycles. The zero-order valence-electron chi connectivity index (χ0n) is 27.5. The fraction of sp³-hybridized carbons (Fsp3) is 0.190. The average Bonchev–Trinajstić information content (AvgIpc) is 3.81. The van der Waals surface area contributed by atoms with Crippen LogP contribution in [-0.4, -0.2) is 24.6 Å². The smallest absolute Gasteiger partial charge is 0.253 e. The second-order valence-electron chi connectivity index (χ2n) is 16.2. The van der Waals surface area contributed by atoms with Crippen LogP contribution in [0.15, 0.2) is 91.0 Å². The third-order valence-electron chi connectivity index (χ3n) is 11.6. The highest BCUT2D eigenvalue weighted by molar-refractivity contribution is 7.03. The van der Waals surface area contributed by atoms with Crippen molar-refractivity contribution < 1.29 is 0 Å². The molecule has 224 valence electrons. The molecule has 0 unspecified atom stereocenters. The van der Waals surface area contributed by atoms with Crippen LogP contribution in [0.4, 0.5) is 0 Å². The van der Waals surface area contributed by atoms with Gasteiger partial charge in [-0.15, -0.1) is 0 Å². The molecular weight excluding hydrogens is 571 g/mol. The van der Waals surface area contributed by atoms with Gasteiger partial charge in [0.05, 0.1) is 33.1 Å². The van der Waals surface area contributed by atoms with Gasteiger partial charge in [-0.1, -0.05) is 96.1 Å². The van der Waals surface area contributed by atoms with E-state index >= 15 is 0 Å². The van der Waals surface area contributed by atoms with Gasteiger partial charge in [-0.2, -0.15) is 0 Å². The lowest BCUT2D eigenvalue weighted by Gasteiger charge is -2.31. The highest BCUT2D eigenvalue weighted by Gasteiger charge is 2.48. The van der Waals surface area contributed by atoms with E-state index in [1.807, 2.05) is 0 Å². The monoisotopic (exact) mass is 604 g/mol. The minimum Gasteiger partial charge on any atom is -0.295 e. The van der Waals surface area contributed by atoms with E-state index in [0.29, 0.717) is 0 Å². The summed E-state index contributed by atoms with van der Waals surface area (Å²) in [6.07, 6.45) is 0. The topological polar surface area (TPSA) is 18.7 Å². The average molecular weight is 605 g/mol. The summed E-state index contributed by atoms with van der Waals surface area (Å²) in [5.74, 6) is 0. The number of fused-ring (bicyclic) bond motifs is 13. The molecule has 47 heavy (non-hydrogen) atoms. The van der Waals surface area contributed by atoms with Crippen molar-refractivity contribution in [1.29, 1.82) is 0 Å². The molecule has 4 nitrogen and oxygen atoms in total. The number of nitrogens with zero attached hydrogens (tertiary/aromatic N) is 4. The molecule has 0 amide bonds. The molecule has 12 rings (SSSR count). The maximum Gasteiger partial charge on any atom is 0.253 e. The molecule has 3 aliphatic rings. The van der Waals surface area contributed by atoms with Gasteiger partial charge in [0.15, 0.2) is 0 Å². The van der Waals surface area contributed by atoms with Gasteiger partial charge in [0.25, 0.3) is 6.71 Å². The Labute approximate surface area is 272 Å². The highest BCUT2D eigenvalue weighted by atomic mass is 15.2. The third-order valence-corrected chi connectivity index (χ3v) is 11.6. The van der Waals surface area contributed by atoms with E-state index in [2.05, 4.69) is 150 Å². The van der Waals surface area contributed by atoms with Crippen LogP contribution in [0.1, 0.15) is 52.7 Å². The first kappa shape index (κ1) is 25.0. The summed E-state index contributed by atoms with van der Waals surface area (Å²) in [5.41, 5.74) is 23.1. The molecule has 0 fully saturated rings. The minimum absolute atomic E-state index is 0.0420. The fourth-order valence-corrected chi connectivity index (χ4v) is 10.3. The molecule has 0 radical (unpaired) electrons. The van der Waals surface area contributed by atoms with Crippen LogP contribution in [0.25, 0.3) is 77.7 Å². The molecular formula is C42H33BN4. The van der Waals surface area contributed by atoms with E-state index < -0.39 is 0 Å². The van der Waals surface area contributed by atoms with Crippen molar-refractivity contribution in [2.75, 3.05) is 0 Å². The predicted octanol–water partition coefficient (Wildman–Crippen LogP) is 8.10. The zero-order valence-corrected chi connectivity index (χ0v) is 27.5. The van der Waals surface area contributed by atoms with Crippen molar-refractivity contribution in [3.63, 3.8) is 0 Å². The van der Waals surface area contributed by atoms with E-state index in [9.17, 15) is 0 Å². The van der Waals surface area contributed by atoms with Crippen molar-refractivity contribution in [1.82, 2.24) is 17.9 Å². The number of aromatic nitrogens is 4. The van der Waals surface area contributed by atoms with Crippen LogP contribution in [-0.2, 0) is 10.8 Å². The van der Waals surface area contributed by atoms with E-state index in [1.54, 1.807) is 0 Å². The standard InChI is InChI=1S/C42H33BN4/c1-41(2,3)32-24-12-7-9-14-26(24)44-30-20-18-22-23-19-21-31-38-35(23)43-34(22)37(30)46(39(32)44)28-16-11-17-29(36(28)43)47(38)40-33(42(4,5)6)25-13-8-10-15-27(25)45(31)40/h7-21H,1-6H3. The molecule has 9 aromatic rings. The zero-order chi connectivity index (χ0) is 31.5. The van der Waals surface area contributed by atoms with Crippen molar-refractivity contribution >= 4 is 78.3 Å². The van der Waals surface area contributed by atoms with Crippen LogP contribution in [0, 0.1) is 0 Å². The van der Waals surface area contributed by atoms with Gasteiger partial charge in [-0.25, -0.2) is 0 Å². The van der Waals surface area contributed by atoms with E-state index in [0.717, 1.165) is 0 Å². The molecule has 0 spiro atoms. The van der Waals surface area contributed by atoms with Crippen LogP contribution < -0.4 is 16.4 Å². The Hall–Kier alpha value is -5.16. The number of imidazole rings is 2. The summed E-state index contributed by atoms with van der Waals surface area (Å²) in [5, 5.41) is 2.70. The number of hydrogen-bond acceptors (Lipinski definition) is 0. The van der Waals surface area contributed by atoms with Gasteiger partial charge in [0.1, 0.15) is 11.3 Å². The summed E-state index contributed by atoms with van der Waals surface area (Å²) in [6.45, 7) is 14.4. The second-order valence-corrected chi connectivity index (χ2v) is 16.2. The van der Waals surface area contributed by atoms with E-state index in [-0.39, 0.29) is 17.5 Å². The quantitative estimate of drug-likeness (QED) is 0.156. The van der Waals surface area contributed by atoms with Crippen molar-refractivity contribution in [2.45, 2.75) is 52.4 Å². The maximum absolute atomic E-state index is 2.65. The van der Waals surface area contributed by atoms with Crippen molar-refractivity contribution in [3.8, 4) is 22.5 Å². The third kappa shape index (κ3) is 2.51. The van der Waals surface area contributed by atoms with Gasteiger partial charge in [-0.05, 0) is 74.7 Å². The first-order valence-corrected chi connectivity index (χ1v) is 17.0. The largest absolute Gasteiger partial charge is 0.295 e. The van der Waals surface area contributed by atoms with Gasteiger partial charge >= 0.3 is 0 Å². The number of para-hydroxylation sites is 2. The first-order valence-electron chi connectivity index (χ1n) is 17.0. The number of hydrogen-bond donors (Lipinski definition) is 0. The molecule has 7 heterocycles. The second kappa shape index (κ2) is 7.36. The molecule has 0 N–H and O–H groups in total. The Morgan fingerprint density at radius 3 is 1.34 bits per heavy atom. The first-order chi connectivity index (χ1) is 22.7. The lowest BCUT2D eigenvalue weighted by Crippen LogP contribution is -2.57. The van der Waals surface area contributed by atoms with Crippen LogP contribution in [0.3, 0.4) is 0 Å². The van der Waals surface area contributed by atoms with Crippen molar-refractivity contribution in [2.24, 2.45) is 0 Å².